The third-order valence-electron chi connectivity index (χ3n) is 3.18. The van der Waals surface area contributed by atoms with Crippen LogP contribution in [-0.2, 0) is 14.6 Å². The van der Waals surface area contributed by atoms with E-state index in [2.05, 4.69) is 22.6 Å². The van der Waals surface area contributed by atoms with Crippen molar-refractivity contribution >= 4 is 44.0 Å². The van der Waals surface area contributed by atoms with Crippen LogP contribution in [0.2, 0.25) is 0 Å². The third kappa shape index (κ3) is 3.25. The number of halogens is 1. The van der Waals surface area contributed by atoms with E-state index in [4.69, 9.17) is 4.74 Å². The van der Waals surface area contributed by atoms with Gasteiger partial charge in [-0.1, -0.05) is 0 Å². The summed E-state index contributed by atoms with van der Waals surface area (Å²) >= 11 is 2.16. The maximum atomic E-state index is 11.9. The van der Waals surface area contributed by atoms with Crippen LogP contribution in [0.3, 0.4) is 0 Å². The Balaban J connectivity index is 2.22. The van der Waals surface area contributed by atoms with Crippen molar-refractivity contribution in [3.63, 3.8) is 0 Å². The van der Waals surface area contributed by atoms with Crippen LogP contribution in [0.4, 0.5) is 5.69 Å². The van der Waals surface area contributed by atoms with Gasteiger partial charge in [-0.05, 0) is 54.6 Å². The minimum absolute atomic E-state index is 0.0398. The largest absolute Gasteiger partial charge is 0.482 e. The van der Waals surface area contributed by atoms with Gasteiger partial charge >= 0.3 is 0 Å². The number of rotatable bonds is 4. The lowest BCUT2D eigenvalue weighted by molar-refractivity contribution is -0.121. The number of benzene rings is 1. The lowest BCUT2D eigenvalue weighted by Crippen LogP contribution is -2.42. The lowest BCUT2D eigenvalue weighted by Gasteiger charge is -2.29. The van der Waals surface area contributed by atoms with Gasteiger partial charge in [-0.15, -0.1) is 0 Å². The van der Waals surface area contributed by atoms with Gasteiger partial charge in [0.15, 0.2) is 16.4 Å². The average molecular weight is 409 g/mol. The fourth-order valence-corrected chi connectivity index (χ4v) is 3.25. The van der Waals surface area contributed by atoms with Crippen LogP contribution in [0.1, 0.15) is 13.8 Å². The maximum absolute atomic E-state index is 11.9. The zero-order valence-corrected chi connectivity index (χ0v) is 14.3. The number of ether oxygens (including phenoxy) is 1. The van der Waals surface area contributed by atoms with Crippen LogP contribution in [0.25, 0.3) is 0 Å². The van der Waals surface area contributed by atoms with Crippen molar-refractivity contribution in [3.8, 4) is 5.75 Å². The Morgan fingerprint density at radius 1 is 1.40 bits per heavy atom. The highest BCUT2D eigenvalue weighted by molar-refractivity contribution is 14.1. The Morgan fingerprint density at radius 3 is 2.75 bits per heavy atom. The van der Waals surface area contributed by atoms with E-state index in [1.54, 1.807) is 19.9 Å². The predicted octanol–water partition coefficient (Wildman–Crippen LogP) is 1.84. The molecule has 1 heterocycles. The molecule has 1 aromatic rings. The number of sulfone groups is 1. The molecule has 1 aromatic carbocycles. The van der Waals surface area contributed by atoms with Crippen molar-refractivity contribution in [1.82, 2.24) is 0 Å². The summed E-state index contributed by atoms with van der Waals surface area (Å²) in [4.78, 5) is 13.4. The van der Waals surface area contributed by atoms with Crippen LogP contribution in [-0.4, -0.2) is 38.5 Å². The smallest absolute Gasteiger partial charge is 0.265 e. The number of carbonyl (C=O) groups is 1. The van der Waals surface area contributed by atoms with Crippen LogP contribution in [0.5, 0.6) is 5.75 Å². The molecule has 7 heteroatoms. The van der Waals surface area contributed by atoms with E-state index in [0.29, 0.717) is 11.4 Å². The van der Waals surface area contributed by atoms with E-state index in [-0.39, 0.29) is 24.8 Å². The number of carbonyl (C=O) groups excluding carboxylic acids is 1. The second-order valence-corrected chi connectivity index (χ2v) is 8.78. The molecule has 2 rings (SSSR count). The molecule has 110 valence electrons. The van der Waals surface area contributed by atoms with Gasteiger partial charge in [-0.25, -0.2) is 8.42 Å². The summed E-state index contributed by atoms with van der Waals surface area (Å²) in [6.07, 6.45) is 0. The molecule has 0 N–H and O–H groups in total. The quantitative estimate of drug-likeness (QED) is 0.713. The van der Waals surface area contributed by atoms with Crippen molar-refractivity contribution in [2.45, 2.75) is 19.1 Å². The molecule has 0 aromatic heterocycles. The number of amides is 1. The second-order valence-electron chi connectivity index (χ2n) is 4.86. The Hall–Kier alpha value is -0.830. The molecule has 0 saturated carbocycles. The molecule has 0 bridgehead atoms. The van der Waals surface area contributed by atoms with E-state index in [1.807, 2.05) is 12.1 Å². The van der Waals surface area contributed by atoms with Crippen molar-refractivity contribution in [1.29, 1.82) is 0 Å². The van der Waals surface area contributed by atoms with Gasteiger partial charge in [0.1, 0.15) is 5.75 Å². The summed E-state index contributed by atoms with van der Waals surface area (Å²) in [5.74, 6) is 0.373. The van der Waals surface area contributed by atoms with Gasteiger partial charge < -0.3 is 9.64 Å². The standard InChI is InChI=1S/C13H16INO4S/c1-9(2)20(17,18)6-5-15-11-4-3-10(14)7-12(11)19-8-13(15)16/h3-4,7,9H,5-6,8H2,1-2H3. The fourth-order valence-electron chi connectivity index (χ4n) is 1.88. The Labute approximate surface area is 132 Å². The molecule has 0 aliphatic carbocycles. The van der Waals surface area contributed by atoms with Crippen LogP contribution >= 0.6 is 22.6 Å². The van der Waals surface area contributed by atoms with Crippen LogP contribution < -0.4 is 9.64 Å². The fraction of sp³-hybridized carbons (Fsp3) is 0.462. The molecule has 1 aliphatic rings. The van der Waals surface area contributed by atoms with Gasteiger partial charge in [0, 0.05) is 10.1 Å². The molecule has 0 spiro atoms. The van der Waals surface area contributed by atoms with E-state index in [9.17, 15) is 13.2 Å². The first-order valence-corrected chi connectivity index (χ1v) is 9.05. The van der Waals surface area contributed by atoms with Gasteiger partial charge in [-0.2, -0.15) is 0 Å². The highest BCUT2D eigenvalue weighted by Gasteiger charge is 2.27. The minimum atomic E-state index is -3.17. The van der Waals surface area contributed by atoms with Crippen molar-refractivity contribution in [2.24, 2.45) is 0 Å². The molecular weight excluding hydrogens is 393 g/mol. The lowest BCUT2D eigenvalue weighted by atomic mass is 10.2. The van der Waals surface area contributed by atoms with Crippen molar-refractivity contribution in [2.75, 3.05) is 23.8 Å². The zero-order chi connectivity index (χ0) is 14.9. The summed E-state index contributed by atoms with van der Waals surface area (Å²) in [5, 5.41) is -0.435. The number of hydrogen-bond donors (Lipinski definition) is 0. The molecule has 0 atom stereocenters. The molecule has 20 heavy (non-hydrogen) atoms. The number of anilines is 1. The zero-order valence-electron chi connectivity index (χ0n) is 11.3. The summed E-state index contributed by atoms with van der Waals surface area (Å²) in [5.41, 5.74) is 0.639. The van der Waals surface area contributed by atoms with E-state index < -0.39 is 15.1 Å². The molecule has 0 fully saturated rings. The summed E-state index contributed by atoms with van der Waals surface area (Å²) < 4.78 is 30.1. The molecule has 5 nitrogen and oxygen atoms in total. The van der Waals surface area contributed by atoms with E-state index in [0.717, 1.165) is 3.57 Å². The van der Waals surface area contributed by atoms with Crippen LogP contribution in [0.15, 0.2) is 18.2 Å². The Kier molecular flexibility index (Phi) is 4.58. The molecular formula is C13H16INO4S. The molecule has 1 amide bonds. The summed E-state index contributed by atoms with van der Waals surface area (Å²) in [6, 6.07) is 5.49. The molecule has 0 saturated heterocycles. The first-order chi connectivity index (χ1) is 9.31. The first-order valence-electron chi connectivity index (χ1n) is 6.25. The van der Waals surface area contributed by atoms with E-state index in [1.165, 1.54) is 4.90 Å². The third-order valence-corrected chi connectivity index (χ3v) is 6.04. The highest BCUT2D eigenvalue weighted by atomic mass is 127. The second kappa shape index (κ2) is 5.88. The minimum Gasteiger partial charge on any atom is -0.482 e. The average Bonchev–Trinajstić information content (AvgIpc) is 2.37. The normalized spacial score (nSPS) is 15.2. The summed E-state index contributed by atoms with van der Waals surface area (Å²) in [7, 11) is -3.17. The predicted molar refractivity (Wildman–Crippen MR) is 85.9 cm³/mol. The maximum Gasteiger partial charge on any atom is 0.265 e. The van der Waals surface area contributed by atoms with Gasteiger partial charge in [-0.3, -0.25) is 4.79 Å². The monoisotopic (exact) mass is 409 g/mol. The van der Waals surface area contributed by atoms with Crippen LogP contribution in [0, 0.1) is 3.57 Å². The molecule has 1 aliphatic heterocycles. The van der Waals surface area contributed by atoms with Gasteiger partial charge in [0.2, 0.25) is 0 Å². The van der Waals surface area contributed by atoms with Gasteiger partial charge in [0.25, 0.3) is 5.91 Å². The van der Waals surface area contributed by atoms with Gasteiger partial charge in [0.05, 0.1) is 16.7 Å². The van der Waals surface area contributed by atoms with E-state index >= 15 is 0 Å². The summed E-state index contributed by atoms with van der Waals surface area (Å²) in [6.45, 7) is 3.41. The number of hydrogen-bond acceptors (Lipinski definition) is 4. The SMILES string of the molecule is CC(C)S(=O)(=O)CCN1C(=O)COc2cc(I)ccc21. The number of fused-ring (bicyclic) bond motifs is 1. The topological polar surface area (TPSA) is 63.7 Å². The molecule has 0 unspecified atom stereocenters. The van der Waals surface area contributed by atoms with Crippen molar-refractivity contribution < 1.29 is 17.9 Å². The number of nitrogens with zero attached hydrogens (tertiary/aromatic N) is 1. The highest BCUT2D eigenvalue weighted by Crippen LogP contribution is 2.33. The molecule has 0 radical (unpaired) electrons. The Morgan fingerprint density at radius 2 is 2.10 bits per heavy atom. The first kappa shape index (κ1) is 15.6. The Bertz CT molecular complexity index is 627. The van der Waals surface area contributed by atoms with Crippen molar-refractivity contribution in [3.05, 3.63) is 21.8 Å².